The van der Waals surface area contributed by atoms with E-state index in [0.29, 0.717) is 11.4 Å². The van der Waals surface area contributed by atoms with Crippen molar-refractivity contribution in [2.75, 3.05) is 27.2 Å². The zero-order valence-corrected chi connectivity index (χ0v) is 14.3. The maximum atomic E-state index is 12.4. The fourth-order valence-electron chi connectivity index (χ4n) is 3.00. The molecule has 21 heavy (non-hydrogen) atoms. The largest absolute Gasteiger partial charge is 0.309 e. The molecule has 1 aromatic carbocycles. The molecular weight excluding hydrogens is 284 g/mol. The summed E-state index contributed by atoms with van der Waals surface area (Å²) in [6.45, 7) is 5.40. The first-order valence-electron chi connectivity index (χ1n) is 7.46. The number of nitrogens with one attached hydrogen (secondary N) is 1. The van der Waals surface area contributed by atoms with Gasteiger partial charge in [-0.2, -0.15) is 0 Å². The summed E-state index contributed by atoms with van der Waals surface area (Å²) >= 11 is 0. The second-order valence-corrected chi connectivity index (χ2v) is 8.78. The van der Waals surface area contributed by atoms with Crippen LogP contribution >= 0.6 is 0 Å². The molecule has 0 aromatic heterocycles. The first kappa shape index (κ1) is 16.5. The van der Waals surface area contributed by atoms with E-state index in [1.165, 1.54) is 11.1 Å². The van der Waals surface area contributed by atoms with Crippen LogP contribution in [-0.4, -0.2) is 40.5 Å². The lowest BCUT2D eigenvalue weighted by Gasteiger charge is -2.28. The van der Waals surface area contributed by atoms with Crippen LogP contribution in [0, 0.1) is 5.41 Å². The monoisotopic (exact) mass is 310 g/mol. The van der Waals surface area contributed by atoms with Gasteiger partial charge in [-0.3, -0.25) is 0 Å². The molecule has 0 heterocycles. The molecule has 0 radical (unpaired) electrons. The molecule has 0 bridgehead atoms. The van der Waals surface area contributed by atoms with Gasteiger partial charge in [0.25, 0.3) is 0 Å². The molecule has 1 aliphatic rings. The van der Waals surface area contributed by atoms with Gasteiger partial charge in [-0.1, -0.05) is 19.9 Å². The third-order valence-corrected chi connectivity index (χ3v) is 5.26. The first-order valence-corrected chi connectivity index (χ1v) is 8.94. The summed E-state index contributed by atoms with van der Waals surface area (Å²) in [5.74, 6) is 0. The maximum absolute atomic E-state index is 12.4. The Kier molecular flexibility index (Phi) is 4.76. The summed E-state index contributed by atoms with van der Waals surface area (Å²) in [5.41, 5.74) is 2.38. The first-order chi connectivity index (χ1) is 9.70. The highest BCUT2D eigenvalue weighted by atomic mass is 32.2. The topological polar surface area (TPSA) is 49.4 Å². The van der Waals surface area contributed by atoms with Gasteiger partial charge in [0.15, 0.2) is 0 Å². The van der Waals surface area contributed by atoms with Crippen LogP contribution < -0.4 is 4.72 Å². The molecule has 0 saturated carbocycles. The molecule has 5 heteroatoms. The molecule has 4 nitrogen and oxygen atoms in total. The fourth-order valence-corrected chi connectivity index (χ4v) is 4.29. The average Bonchev–Trinajstić information content (AvgIpc) is 2.82. The predicted octanol–water partition coefficient (Wildman–Crippen LogP) is 2.04. The van der Waals surface area contributed by atoms with Crippen molar-refractivity contribution in [1.82, 2.24) is 9.62 Å². The third kappa shape index (κ3) is 4.28. The highest BCUT2D eigenvalue weighted by Crippen LogP contribution is 2.25. The summed E-state index contributed by atoms with van der Waals surface area (Å²) in [7, 11) is 0.574. The van der Waals surface area contributed by atoms with Crippen LogP contribution in [0.3, 0.4) is 0 Å². The summed E-state index contributed by atoms with van der Waals surface area (Å²) in [5, 5.41) is 0. The number of benzene rings is 1. The van der Waals surface area contributed by atoms with Crippen molar-refractivity contribution in [3.63, 3.8) is 0 Å². The van der Waals surface area contributed by atoms with Crippen LogP contribution in [0.1, 0.15) is 31.4 Å². The molecular formula is C16H26N2O2S. The molecule has 0 atom stereocenters. The van der Waals surface area contributed by atoms with Crippen LogP contribution in [0.5, 0.6) is 0 Å². The summed E-state index contributed by atoms with van der Waals surface area (Å²) in [6, 6.07) is 5.52. The number of rotatable bonds is 6. The van der Waals surface area contributed by atoms with Crippen molar-refractivity contribution < 1.29 is 8.42 Å². The Balaban J connectivity index is 2.08. The average molecular weight is 310 g/mol. The van der Waals surface area contributed by atoms with Crippen LogP contribution in [0.4, 0.5) is 0 Å². The summed E-state index contributed by atoms with van der Waals surface area (Å²) < 4.78 is 27.6. The van der Waals surface area contributed by atoms with Gasteiger partial charge in [0, 0.05) is 13.1 Å². The van der Waals surface area contributed by atoms with Gasteiger partial charge in [0.1, 0.15) is 0 Å². The van der Waals surface area contributed by atoms with Crippen molar-refractivity contribution in [1.29, 1.82) is 0 Å². The summed E-state index contributed by atoms with van der Waals surface area (Å²) in [4.78, 5) is 2.47. The molecule has 0 spiro atoms. The van der Waals surface area contributed by atoms with E-state index in [1.807, 2.05) is 26.2 Å². The smallest absolute Gasteiger partial charge is 0.240 e. The highest BCUT2D eigenvalue weighted by Gasteiger charge is 2.24. The van der Waals surface area contributed by atoms with Crippen molar-refractivity contribution >= 4 is 10.0 Å². The Morgan fingerprint density at radius 3 is 2.52 bits per heavy atom. The lowest BCUT2D eigenvalue weighted by atomic mass is 9.93. The SMILES string of the molecule is CN(C)CC(C)(C)CNS(=O)(=O)c1ccc2c(c1)CCC2. The molecule has 2 rings (SSSR count). The minimum atomic E-state index is -3.42. The fraction of sp³-hybridized carbons (Fsp3) is 0.625. The van der Waals surface area contributed by atoms with Gasteiger partial charge in [-0.25, -0.2) is 13.1 Å². The van der Waals surface area contributed by atoms with Crippen LogP contribution in [-0.2, 0) is 22.9 Å². The second kappa shape index (κ2) is 6.07. The zero-order valence-electron chi connectivity index (χ0n) is 13.4. The van der Waals surface area contributed by atoms with Gasteiger partial charge in [-0.05, 0) is 62.0 Å². The highest BCUT2D eigenvalue weighted by molar-refractivity contribution is 7.89. The van der Waals surface area contributed by atoms with Crippen LogP contribution in [0.15, 0.2) is 23.1 Å². The van der Waals surface area contributed by atoms with Crippen LogP contribution in [0.2, 0.25) is 0 Å². The van der Waals surface area contributed by atoms with Gasteiger partial charge in [0.2, 0.25) is 10.0 Å². The molecule has 0 amide bonds. The van der Waals surface area contributed by atoms with E-state index in [1.54, 1.807) is 6.07 Å². The van der Waals surface area contributed by atoms with Crippen molar-refractivity contribution in [3.05, 3.63) is 29.3 Å². The Hall–Kier alpha value is -0.910. The van der Waals surface area contributed by atoms with Crippen molar-refractivity contribution in [3.8, 4) is 0 Å². The molecule has 1 N–H and O–H groups in total. The van der Waals surface area contributed by atoms with Gasteiger partial charge >= 0.3 is 0 Å². The Morgan fingerprint density at radius 1 is 1.19 bits per heavy atom. The Bertz CT molecular complexity index is 607. The Labute approximate surface area is 128 Å². The third-order valence-electron chi connectivity index (χ3n) is 3.87. The second-order valence-electron chi connectivity index (χ2n) is 7.01. The maximum Gasteiger partial charge on any atom is 0.240 e. The van der Waals surface area contributed by atoms with E-state index in [-0.39, 0.29) is 5.41 Å². The zero-order chi connectivity index (χ0) is 15.7. The molecule has 1 aromatic rings. The van der Waals surface area contributed by atoms with Crippen molar-refractivity contribution in [2.45, 2.75) is 38.0 Å². The minimum absolute atomic E-state index is 0.104. The lowest BCUT2D eigenvalue weighted by molar-refractivity contribution is 0.242. The van der Waals surface area contributed by atoms with E-state index >= 15 is 0 Å². The minimum Gasteiger partial charge on any atom is -0.309 e. The van der Waals surface area contributed by atoms with E-state index in [2.05, 4.69) is 23.5 Å². The van der Waals surface area contributed by atoms with Crippen molar-refractivity contribution in [2.24, 2.45) is 5.41 Å². The number of aryl methyl sites for hydroxylation is 2. The molecule has 0 aliphatic heterocycles. The van der Waals surface area contributed by atoms with E-state index in [4.69, 9.17) is 0 Å². The number of hydrogen-bond donors (Lipinski definition) is 1. The summed E-state index contributed by atoms with van der Waals surface area (Å²) in [6.07, 6.45) is 3.19. The van der Waals surface area contributed by atoms with Crippen LogP contribution in [0.25, 0.3) is 0 Å². The lowest BCUT2D eigenvalue weighted by Crippen LogP contribution is -2.39. The molecule has 0 fully saturated rings. The standard InChI is InChI=1S/C16H26N2O2S/c1-16(2,12-18(3)4)11-17-21(19,20)15-9-8-13-6-5-7-14(13)10-15/h8-10,17H,5-7,11-12H2,1-4H3. The van der Waals surface area contributed by atoms with E-state index in [0.717, 1.165) is 25.8 Å². The number of fused-ring (bicyclic) bond motifs is 1. The van der Waals surface area contributed by atoms with Gasteiger partial charge in [0.05, 0.1) is 4.90 Å². The molecule has 118 valence electrons. The van der Waals surface area contributed by atoms with Gasteiger partial charge in [-0.15, -0.1) is 0 Å². The molecule has 0 saturated heterocycles. The van der Waals surface area contributed by atoms with E-state index < -0.39 is 10.0 Å². The number of sulfonamides is 1. The molecule has 0 unspecified atom stereocenters. The molecule has 1 aliphatic carbocycles. The Morgan fingerprint density at radius 2 is 1.86 bits per heavy atom. The normalized spacial score (nSPS) is 15.5. The number of nitrogens with zero attached hydrogens (tertiary/aromatic N) is 1. The van der Waals surface area contributed by atoms with Gasteiger partial charge < -0.3 is 4.90 Å². The number of hydrogen-bond acceptors (Lipinski definition) is 3. The predicted molar refractivity (Wildman–Crippen MR) is 86.0 cm³/mol. The quantitative estimate of drug-likeness (QED) is 0.875. The van der Waals surface area contributed by atoms with E-state index in [9.17, 15) is 8.42 Å².